The number of nitrogens with zero attached hydrogens (tertiary/aromatic N) is 1. The first-order chi connectivity index (χ1) is 6.02. The Labute approximate surface area is 78.5 Å². The van der Waals surface area contributed by atoms with Crippen molar-refractivity contribution in [1.29, 1.82) is 0 Å². The third-order valence-electron chi connectivity index (χ3n) is 2.55. The highest BCUT2D eigenvalue weighted by molar-refractivity contribution is 5.77. The highest BCUT2D eigenvalue weighted by Gasteiger charge is 2.32. The average Bonchev–Trinajstić information content (AvgIpc) is 2.50. The van der Waals surface area contributed by atoms with Gasteiger partial charge in [0.2, 0.25) is 6.17 Å². The fourth-order valence-corrected chi connectivity index (χ4v) is 1.59. The summed E-state index contributed by atoms with van der Waals surface area (Å²) in [4.78, 5) is 11.2. The predicted octanol–water partition coefficient (Wildman–Crippen LogP) is 1.63. The minimum absolute atomic E-state index is 0.400. The maximum atomic E-state index is 12.7. The molecule has 2 atom stereocenters. The van der Waals surface area contributed by atoms with Crippen molar-refractivity contribution in [1.82, 2.24) is 0 Å². The molecule has 3 heteroatoms. The van der Waals surface area contributed by atoms with Gasteiger partial charge in [0.1, 0.15) is 0 Å². The Bertz CT molecular complexity index is 233. The lowest BCUT2D eigenvalue weighted by atomic mass is 9.96. The zero-order valence-corrected chi connectivity index (χ0v) is 8.46. The van der Waals surface area contributed by atoms with Crippen LogP contribution in [0, 0.1) is 11.8 Å². The lowest BCUT2D eigenvalue weighted by molar-refractivity contribution is -0.440. The number of rotatable bonds is 2. The largest absolute Gasteiger partial charge is 0.420 e. The first-order valence-corrected chi connectivity index (χ1v) is 4.82. The van der Waals surface area contributed by atoms with Gasteiger partial charge in [-0.1, -0.05) is 13.8 Å². The van der Waals surface area contributed by atoms with Gasteiger partial charge in [-0.25, -0.2) is 9.18 Å². The van der Waals surface area contributed by atoms with Crippen LogP contribution in [0.25, 0.3) is 0 Å². The second-order valence-electron chi connectivity index (χ2n) is 3.99. The van der Waals surface area contributed by atoms with Crippen molar-refractivity contribution in [3.63, 3.8) is 0 Å². The third-order valence-corrected chi connectivity index (χ3v) is 2.55. The van der Waals surface area contributed by atoms with E-state index in [0.717, 1.165) is 6.42 Å². The summed E-state index contributed by atoms with van der Waals surface area (Å²) in [6, 6.07) is 0. The Kier molecular flexibility index (Phi) is 3.17. The van der Waals surface area contributed by atoms with Crippen LogP contribution < -0.4 is 0 Å². The number of carbonyl (C=O) groups excluding carboxylic acids is 1. The van der Waals surface area contributed by atoms with Gasteiger partial charge in [-0.3, -0.25) is 0 Å². The molecular weight excluding hydrogens is 169 g/mol. The molecule has 0 radical (unpaired) electrons. The van der Waals surface area contributed by atoms with Crippen molar-refractivity contribution in [2.75, 3.05) is 6.54 Å². The van der Waals surface area contributed by atoms with E-state index in [9.17, 15) is 9.18 Å². The van der Waals surface area contributed by atoms with E-state index in [2.05, 4.69) is 13.8 Å². The van der Waals surface area contributed by atoms with Crippen LogP contribution in [0.1, 0.15) is 27.2 Å². The molecule has 0 saturated heterocycles. The number of carbonyl (C=O) groups is 1. The number of hydrogen-bond donors (Lipinski definition) is 0. The fraction of sp³-hybridized carbons (Fsp3) is 0.800. The Balaban J connectivity index is 2.64. The molecule has 0 bridgehead atoms. The quantitative estimate of drug-likeness (QED) is 0.600. The van der Waals surface area contributed by atoms with Crippen LogP contribution >= 0.6 is 0 Å². The average molecular weight is 186 g/mol. The number of hydrogen-bond acceptors (Lipinski definition) is 1. The Morgan fingerprint density at radius 3 is 2.54 bits per heavy atom. The van der Waals surface area contributed by atoms with Gasteiger partial charge in [-0.15, -0.1) is 0 Å². The molecule has 0 aliphatic carbocycles. The van der Waals surface area contributed by atoms with Crippen molar-refractivity contribution >= 4 is 12.1 Å². The molecule has 0 aromatic carbocycles. The van der Waals surface area contributed by atoms with E-state index in [1.54, 1.807) is 0 Å². The van der Waals surface area contributed by atoms with Crippen LogP contribution in [0.2, 0.25) is 0 Å². The lowest BCUT2D eigenvalue weighted by Gasteiger charge is -2.04. The van der Waals surface area contributed by atoms with Gasteiger partial charge < -0.3 is 0 Å². The molecule has 0 fully saturated rings. The second kappa shape index (κ2) is 3.99. The first kappa shape index (κ1) is 10.4. The van der Waals surface area contributed by atoms with E-state index in [-0.39, 0.29) is 0 Å². The highest BCUT2D eigenvalue weighted by atomic mass is 19.1. The second-order valence-corrected chi connectivity index (χ2v) is 3.99. The molecule has 0 N–H and O–H groups in total. The number of halogens is 1. The monoisotopic (exact) mass is 186 g/mol. The SMILES string of the molecule is CC(F)C(=O)[N+]1=CC(C(C)C)CC1. The summed E-state index contributed by atoms with van der Waals surface area (Å²) in [5.41, 5.74) is 0. The molecule has 0 aromatic rings. The Morgan fingerprint density at radius 2 is 2.15 bits per heavy atom. The topological polar surface area (TPSA) is 20.1 Å². The number of amides is 1. The van der Waals surface area contributed by atoms with E-state index in [4.69, 9.17) is 0 Å². The summed E-state index contributed by atoms with van der Waals surface area (Å²) >= 11 is 0. The predicted molar refractivity (Wildman–Crippen MR) is 49.7 cm³/mol. The van der Waals surface area contributed by atoms with Crippen molar-refractivity contribution < 1.29 is 13.8 Å². The first-order valence-electron chi connectivity index (χ1n) is 4.82. The van der Waals surface area contributed by atoms with Crippen LogP contribution in [0.15, 0.2) is 0 Å². The van der Waals surface area contributed by atoms with Crippen LogP contribution in [0.3, 0.4) is 0 Å². The smallest absolute Gasteiger partial charge is 0.232 e. The van der Waals surface area contributed by atoms with E-state index >= 15 is 0 Å². The van der Waals surface area contributed by atoms with Crippen LogP contribution in [0.5, 0.6) is 0 Å². The highest BCUT2D eigenvalue weighted by Crippen LogP contribution is 2.17. The molecule has 1 aliphatic heterocycles. The Morgan fingerprint density at radius 1 is 1.54 bits per heavy atom. The molecule has 0 spiro atoms. The molecule has 1 aliphatic rings. The molecule has 0 saturated carbocycles. The third kappa shape index (κ3) is 2.36. The summed E-state index contributed by atoms with van der Waals surface area (Å²) in [6.07, 6.45) is 1.47. The van der Waals surface area contributed by atoms with Crippen LogP contribution in [0.4, 0.5) is 4.39 Å². The van der Waals surface area contributed by atoms with Crippen molar-refractivity contribution in [3.8, 4) is 0 Å². The van der Waals surface area contributed by atoms with Crippen LogP contribution in [-0.4, -0.2) is 29.4 Å². The molecule has 1 heterocycles. The molecule has 1 rings (SSSR count). The fourth-order valence-electron chi connectivity index (χ4n) is 1.59. The summed E-state index contributed by atoms with van der Waals surface area (Å²) in [5, 5.41) is 0. The van der Waals surface area contributed by atoms with Gasteiger partial charge in [0.15, 0.2) is 12.8 Å². The van der Waals surface area contributed by atoms with Crippen molar-refractivity contribution in [2.45, 2.75) is 33.4 Å². The molecule has 1 amide bonds. The maximum absolute atomic E-state index is 12.7. The molecule has 13 heavy (non-hydrogen) atoms. The van der Waals surface area contributed by atoms with E-state index in [1.165, 1.54) is 11.5 Å². The van der Waals surface area contributed by atoms with Crippen LogP contribution in [-0.2, 0) is 4.79 Å². The summed E-state index contributed by atoms with van der Waals surface area (Å²) < 4.78 is 14.2. The van der Waals surface area contributed by atoms with Gasteiger partial charge in [0, 0.05) is 12.3 Å². The zero-order chi connectivity index (χ0) is 10.0. The maximum Gasteiger partial charge on any atom is 0.420 e. The molecular formula is C10H17FNO+. The van der Waals surface area contributed by atoms with Gasteiger partial charge in [-0.2, -0.15) is 4.58 Å². The molecule has 0 aromatic heterocycles. The van der Waals surface area contributed by atoms with E-state index < -0.39 is 12.1 Å². The van der Waals surface area contributed by atoms with Crippen molar-refractivity contribution in [2.24, 2.45) is 11.8 Å². The summed E-state index contributed by atoms with van der Waals surface area (Å²) in [5.74, 6) is 0.568. The zero-order valence-electron chi connectivity index (χ0n) is 8.46. The van der Waals surface area contributed by atoms with Gasteiger partial charge in [-0.05, 0) is 12.8 Å². The summed E-state index contributed by atoms with van der Waals surface area (Å²) in [6.45, 7) is 6.21. The van der Waals surface area contributed by atoms with E-state index in [0.29, 0.717) is 18.4 Å². The minimum Gasteiger partial charge on any atom is -0.232 e. The standard InChI is InChI=1S/C10H17FNO/c1-7(2)9-4-5-12(6-9)10(13)8(3)11/h6-9H,4-5H2,1-3H3/q+1. The van der Waals surface area contributed by atoms with Gasteiger partial charge >= 0.3 is 5.91 Å². The van der Waals surface area contributed by atoms with Gasteiger partial charge in [0.25, 0.3) is 0 Å². The molecule has 2 nitrogen and oxygen atoms in total. The normalized spacial score (nSPS) is 24.7. The lowest BCUT2D eigenvalue weighted by Crippen LogP contribution is -2.26. The van der Waals surface area contributed by atoms with Crippen molar-refractivity contribution in [3.05, 3.63) is 0 Å². The molecule has 2 unspecified atom stereocenters. The van der Waals surface area contributed by atoms with Gasteiger partial charge in [0.05, 0.1) is 0 Å². The van der Waals surface area contributed by atoms with E-state index in [1.807, 2.05) is 6.21 Å². The molecule has 74 valence electrons. The summed E-state index contributed by atoms with van der Waals surface area (Å²) in [7, 11) is 0. The minimum atomic E-state index is -1.37. The number of alkyl halides is 1. The Hall–Kier alpha value is -0.730.